The summed E-state index contributed by atoms with van der Waals surface area (Å²) in [4.78, 5) is 0.00265. The maximum atomic E-state index is 10.8. The van der Waals surface area contributed by atoms with Crippen molar-refractivity contribution >= 4 is 102 Å². The van der Waals surface area contributed by atoms with Gasteiger partial charge in [0.1, 0.15) is 0 Å². The molecule has 0 amide bonds. The van der Waals surface area contributed by atoms with Crippen LogP contribution in [0.5, 0.6) is 0 Å². The van der Waals surface area contributed by atoms with Crippen molar-refractivity contribution in [2.45, 2.75) is 9.79 Å². The fourth-order valence-electron chi connectivity index (χ4n) is 1.54. The van der Waals surface area contributed by atoms with Crippen LogP contribution in [0.2, 0.25) is 0 Å². The van der Waals surface area contributed by atoms with Crippen molar-refractivity contribution in [1.29, 1.82) is 0 Å². The third-order valence-corrected chi connectivity index (χ3v) is 5.05. The summed E-state index contributed by atoms with van der Waals surface area (Å²) in [5, 5.41) is 0. The van der Waals surface area contributed by atoms with Crippen LogP contribution in [0.15, 0.2) is 71.5 Å². The molecule has 0 unspecified atom stereocenters. The van der Waals surface area contributed by atoms with Gasteiger partial charge >= 0.3 is 59.6 Å². The molecule has 2 aromatic rings. The minimum atomic E-state index is -4.06. The van der Waals surface area contributed by atoms with Gasteiger partial charge in [-0.25, -0.2) is 8.42 Å². The number of hydrogen-bond donors (Lipinski definition) is 1. The molecule has 0 fully saturated rings. The van der Waals surface area contributed by atoms with Gasteiger partial charge in [0, 0.05) is 10.7 Å². The predicted molar refractivity (Wildman–Crippen MR) is 132 cm³/mol. The first-order chi connectivity index (χ1) is 13.3. The van der Waals surface area contributed by atoms with Crippen LogP contribution in [0.4, 0.5) is 0 Å². The molecule has 0 saturated heterocycles. The Morgan fingerprint density at radius 1 is 0.700 bits per heavy atom. The zero-order valence-electron chi connectivity index (χ0n) is 14.8. The number of benzene rings is 2. The minimum absolute atomic E-state index is 0.104. The molecule has 0 heterocycles. The molecular formula is C16H15Cl6O5PS2. The molecule has 0 aliphatic heterocycles. The van der Waals surface area contributed by atoms with Gasteiger partial charge in [0.05, 0.1) is 9.79 Å². The van der Waals surface area contributed by atoms with E-state index in [0.717, 1.165) is 11.1 Å². The first-order valence-corrected chi connectivity index (χ1v) is 17.8. The van der Waals surface area contributed by atoms with E-state index in [0.29, 0.717) is 0 Å². The van der Waals surface area contributed by atoms with Gasteiger partial charge in [-0.2, -0.15) is 8.42 Å². The molecule has 0 aliphatic carbocycles. The monoisotopic (exact) mass is 592 g/mol. The van der Waals surface area contributed by atoms with Gasteiger partial charge in [-0.3, -0.25) is 4.55 Å². The molecular weight excluding hydrogens is 580 g/mol. The SMILES string of the molecule is C=Cc1ccc(S(=O)(=O)Cl)cc1.C=Cc1ccc(S(=O)(=O)O)cc1.ClP(Cl)(Cl)(Cl)Cl. The number of rotatable bonds is 4. The Morgan fingerprint density at radius 3 is 1.17 bits per heavy atom. The Bertz CT molecular complexity index is 979. The van der Waals surface area contributed by atoms with E-state index in [2.05, 4.69) is 13.2 Å². The van der Waals surface area contributed by atoms with Gasteiger partial charge in [0.25, 0.3) is 19.2 Å². The van der Waals surface area contributed by atoms with E-state index in [4.69, 9.17) is 71.4 Å². The molecule has 0 radical (unpaired) electrons. The second-order valence-electron chi connectivity index (χ2n) is 5.10. The van der Waals surface area contributed by atoms with Crippen LogP contribution in [-0.2, 0) is 19.2 Å². The molecule has 0 aromatic heterocycles. The third kappa shape index (κ3) is 15.7. The van der Waals surface area contributed by atoms with E-state index in [1.54, 1.807) is 36.4 Å². The van der Waals surface area contributed by atoms with Crippen molar-refractivity contribution in [3.63, 3.8) is 0 Å². The van der Waals surface area contributed by atoms with Gasteiger partial charge in [0.15, 0.2) is 0 Å². The predicted octanol–water partition coefficient (Wildman–Crippen LogP) is 8.14. The second-order valence-corrected chi connectivity index (χ2v) is 25.7. The Balaban J connectivity index is 0.000000447. The molecule has 168 valence electrons. The molecule has 0 atom stereocenters. The molecule has 5 nitrogen and oxygen atoms in total. The fraction of sp³-hybridized carbons (Fsp3) is 0. The Labute approximate surface area is 204 Å². The summed E-state index contributed by atoms with van der Waals surface area (Å²) in [5.41, 5.74) is 1.67. The average Bonchev–Trinajstić information content (AvgIpc) is 2.59. The van der Waals surface area contributed by atoms with E-state index in [-0.39, 0.29) is 9.79 Å². The fourth-order valence-corrected chi connectivity index (χ4v) is 2.79. The van der Waals surface area contributed by atoms with Crippen LogP contribution in [-0.4, -0.2) is 21.4 Å². The maximum absolute atomic E-state index is 10.8. The van der Waals surface area contributed by atoms with Crippen LogP contribution in [0.25, 0.3) is 12.2 Å². The van der Waals surface area contributed by atoms with Crippen molar-refractivity contribution in [3.05, 3.63) is 72.8 Å². The summed E-state index contributed by atoms with van der Waals surface area (Å²) < 4.78 is 47.6. The second kappa shape index (κ2) is 11.7. The summed E-state index contributed by atoms with van der Waals surface area (Å²) in [6.07, 6.45) is 3.22. The van der Waals surface area contributed by atoms with Crippen molar-refractivity contribution in [1.82, 2.24) is 0 Å². The molecule has 0 bridgehead atoms. The topological polar surface area (TPSA) is 88.5 Å². The van der Waals surface area contributed by atoms with Crippen molar-refractivity contribution in [2.75, 3.05) is 0 Å². The molecule has 0 aliphatic rings. The number of halogens is 6. The van der Waals surface area contributed by atoms with Crippen LogP contribution >= 0.6 is 70.3 Å². The summed E-state index contributed by atoms with van der Waals surface area (Å²) in [7, 11) is -2.55. The van der Waals surface area contributed by atoms with Gasteiger partial charge in [-0.05, 0) is 35.4 Å². The molecule has 14 heteroatoms. The standard InChI is InChI=1S/C8H7ClO2S.C8H8O3S.Cl5P/c2*1-2-7-3-5-8(6-4-7)12(9,10)11;1-6(2,3,4)5/h2-6H,1H2;2-6H,1H2,(H,9,10,11);. The Morgan fingerprint density at radius 2 is 0.967 bits per heavy atom. The summed E-state index contributed by atoms with van der Waals surface area (Å²) in [6, 6.07) is 12.0. The van der Waals surface area contributed by atoms with E-state index in [1.807, 2.05) is 0 Å². The van der Waals surface area contributed by atoms with Gasteiger partial charge in [-0.15, -0.1) is 0 Å². The zero-order valence-corrected chi connectivity index (χ0v) is 21.9. The summed E-state index contributed by atoms with van der Waals surface area (Å²) >= 11 is 24.9. The van der Waals surface area contributed by atoms with E-state index in [1.165, 1.54) is 24.3 Å². The molecule has 0 saturated carbocycles. The third-order valence-electron chi connectivity index (χ3n) is 2.81. The van der Waals surface area contributed by atoms with Crippen LogP contribution in [0.1, 0.15) is 11.1 Å². The molecule has 2 rings (SSSR count). The van der Waals surface area contributed by atoms with E-state index in [9.17, 15) is 16.8 Å². The normalized spacial score (nSPS) is 12.7. The Hall–Kier alpha value is -0.0500. The van der Waals surface area contributed by atoms with Crippen LogP contribution in [0, 0.1) is 0 Å². The van der Waals surface area contributed by atoms with E-state index >= 15 is 0 Å². The van der Waals surface area contributed by atoms with E-state index < -0.39 is 22.5 Å². The quantitative estimate of drug-likeness (QED) is 0.219. The average molecular weight is 595 g/mol. The Kier molecular flexibility index (Phi) is 11.7. The van der Waals surface area contributed by atoms with Crippen LogP contribution < -0.4 is 0 Å². The van der Waals surface area contributed by atoms with Crippen molar-refractivity contribution in [2.24, 2.45) is 0 Å². The van der Waals surface area contributed by atoms with Crippen LogP contribution in [0.3, 0.4) is 0 Å². The van der Waals surface area contributed by atoms with Gasteiger partial charge in [-0.1, -0.05) is 49.6 Å². The van der Waals surface area contributed by atoms with Crippen molar-refractivity contribution < 1.29 is 21.4 Å². The summed E-state index contributed by atoms with van der Waals surface area (Å²) in [6.45, 7) is 7.05. The van der Waals surface area contributed by atoms with Gasteiger partial charge in [0.2, 0.25) is 0 Å². The zero-order chi connectivity index (χ0) is 23.8. The molecule has 2 aromatic carbocycles. The molecule has 0 spiro atoms. The number of hydrogen-bond acceptors (Lipinski definition) is 4. The first-order valence-electron chi connectivity index (χ1n) is 7.29. The summed E-state index contributed by atoms with van der Waals surface area (Å²) in [5.74, 6) is 0. The van der Waals surface area contributed by atoms with Gasteiger partial charge < -0.3 is 0 Å². The molecule has 30 heavy (non-hydrogen) atoms. The molecule has 1 N–H and O–H groups in total. The van der Waals surface area contributed by atoms with Crippen molar-refractivity contribution in [3.8, 4) is 0 Å². The first kappa shape index (κ1) is 29.9.